The normalized spacial score (nSPS) is 12.4. The first-order chi connectivity index (χ1) is 9.67. The van der Waals surface area contributed by atoms with Crippen LogP contribution in [0.1, 0.15) is 47.7 Å². The van der Waals surface area contributed by atoms with Crippen LogP contribution in [0.4, 0.5) is 0 Å². The molecule has 1 heteroatoms. The van der Waals surface area contributed by atoms with Gasteiger partial charge in [0.1, 0.15) is 0 Å². The molecule has 0 saturated carbocycles. The van der Waals surface area contributed by atoms with Gasteiger partial charge in [-0.25, -0.2) is 0 Å². The molecule has 0 saturated heterocycles. The molecule has 0 heterocycles. The van der Waals surface area contributed by atoms with E-state index in [0.29, 0.717) is 0 Å². The Morgan fingerprint density at radius 1 is 0.950 bits per heavy atom. The molecule has 0 radical (unpaired) electrons. The smallest absolute Gasteiger partial charge is 0.0582 e. The molecule has 0 aromatic heterocycles. The van der Waals surface area contributed by atoms with E-state index in [1.54, 1.807) is 0 Å². The number of benzene rings is 2. The van der Waals surface area contributed by atoms with Gasteiger partial charge in [0.05, 0.1) is 6.04 Å². The van der Waals surface area contributed by atoms with Crippen LogP contribution in [0.15, 0.2) is 42.5 Å². The summed E-state index contributed by atoms with van der Waals surface area (Å²) in [6, 6.07) is 15.8. The van der Waals surface area contributed by atoms with Crippen LogP contribution in [-0.4, -0.2) is 6.54 Å². The molecule has 0 fully saturated rings. The molecule has 2 rings (SSSR count). The van der Waals surface area contributed by atoms with Crippen molar-refractivity contribution in [1.82, 2.24) is 5.32 Å². The van der Waals surface area contributed by atoms with Crippen molar-refractivity contribution < 1.29 is 0 Å². The lowest BCUT2D eigenvalue weighted by Gasteiger charge is -2.23. The third-order valence-corrected chi connectivity index (χ3v) is 3.90. The van der Waals surface area contributed by atoms with Gasteiger partial charge in [-0.2, -0.15) is 0 Å². The molecule has 2 aromatic rings. The summed E-state index contributed by atoms with van der Waals surface area (Å²) in [6.45, 7) is 9.74. The molecule has 1 N–H and O–H groups in total. The van der Waals surface area contributed by atoms with Gasteiger partial charge in [0.25, 0.3) is 0 Å². The van der Waals surface area contributed by atoms with Crippen LogP contribution >= 0.6 is 0 Å². The molecule has 0 bridgehead atoms. The van der Waals surface area contributed by atoms with Crippen LogP contribution in [-0.2, 0) is 6.42 Å². The third-order valence-electron chi connectivity index (χ3n) is 3.90. The van der Waals surface area contributed by atoms with Crippen LogP contribution in [0.25, 0.3) is 0 Å². The van der Waals surface area contributed by atoms with E-state index in [-0.39, 0.29) is 6.04 Å². The molecule has 106 valence electrons. The summed E-state index contributed by atoms with van der Waals surface area (Å²) in [5, 5.41) is 3.66. The van der Waals surface area contributed by atoms with E-state index in [2.05, 4.69) is 75.5 Å². The molecule has 2 aromatic carbocycles. The highest BCUT2D eigenvalue weighted by Crippen LogP contribution is 2.28. The largest absolute Gasteiger partial charge is 0.307 e. The van der Waals surface area contributed by atoms with Gasteiger partial charge in [0, 0.05) is 0 Å². The Balaban J connectivity index is 2.53. The number of rotatable bonds is 5. The highest BCUT2D eigenvalue weighted by molar-refractivity contribution is 5.42. The monoisotopic (exact) mass is 267 g/mol. The van der Waals surface area contributed by atoms with Gasteiger partial charge in [-0.1, -0.05) is 61.9 Å². The first kappa shape index (κ1) is 14.8. The van der Waals surface area contributed by atoms with Gasteiger partial charge in [-0.05, 0) is 49.1 Å². The van der Waals surface area contributed by atoms with E-state index in [0.717, 1.165) is 13.0 Å². The van der Waals surface area contributed by atoms with Gasteiger partial charge in [-0.3, -0.25) is 0 Å². The molecule has 1 nitrogen and oxygen atoms in total. The van der Waals surface area contributed by atoms with E-state index >= 15 is 0 Å². The summed E-state index contributed by atoms with van der Waals surface area (Å²) >= 11 is 0. The molecule has 1 unspecified atom stereocenters. The Hall–Kier alpha value is -1.60. The van der Waals surface area contributed by atoms with E-state index in [4.69, 9.17) is 0 Å². The molecular weight excluding hydrogens is 242 g/mol. The fraction of sp³-hybridized carbons (Fsp3) is 0.368. The van der Waals surface area contributed by atoms with Crippen molar-refractivity contribution >= 4 is 0 Å². The van der Waals surface area contributed by atoms with Crippen LogP contribution < -0.4 is 5.32 Å². The van der Waals surface area contributed by atoms with Gasteiger partial charge >= 0.3 is 0 Å². The highest BCUT2D eigenvalue weighted by atomic mass is 14.9. The van der Waals surface area contributed by atoms with E-state index < -0.39 is 0 Å². The van der Waals surface area contributed by atoms with E-state index in [1.165, 1.54) is 27.8 Å². The summed E-state index contributed by atoms with van der Waals surface area (Å²) in [6.07, 6.45) is 1.07. The van der Waals surface area contributed by atoms with Crippen molar-refractivity contribution in [2.75, 3.05) is 6.54 Å². The lowest BCUT2D eigenvalue weighted by molar-refractivity contribution is 0.622. The zero-order valence-electron chi connectivity index (χ0n) is 13.0. The number of nitrogens with one attached hydrogen (secondary N) is 1. The van der Waals surface area contributed by atoms with E-state index in [1.807, 2.05) is 0 Å². The van der Waals surface area contributed by atoms with Gasteiger partial charge in [0.2, 0.25) is 0 Å². The Labute approximate surface area is 123 Å². The highest BCUT2D eigenvalue weighted by Gasteiger charge is 2.17. The summed E-state index contributed by atoms with van der Waals surface area (Å²) < 4.78 is 0. The molecule has 0 aliphatic rings. The Bertz CT molecular complexity index is 572. The topological polar surface area (TPSA) is 12.0 Å². The average molecular weight is 267 g/mol. The van der Waals surface area contributed by atoms with Crippen LogP contribution in [0.5, 0.6) is 0 Å². The molecule has 1 atom stereocenters. The molecule has 0 aliphatic heterocycles. The summed E-state index contributed by atoms with van der Waals surface area (Å²) in [5.74, 6) is 0. The Morgan fingerprint density at radius 2 is 1.70 bits per heavy atom. The first-order valence-electron chi connectivity index (χ1n) is 7.55. The SMILES string of the molecule is CCNC(c1cc(C)ccc1C)c1ccccc1CC. The zero-order chi connectivity index (χ0) is 14.5. The number of aryl methyl sites for hydroxylation is 3. The standard InChI is InChI=1S/C19H25N/c1-5-16-9-7-8-10-17(16)19(20-6-2)18-13-14(3)11-12-15(18)4/h7-13,19-20H,5-6H2,1-4H3. The lowest BCUT2D eigenvalue weighted by Crippen LogP contribution is -2.24. The number of hydrogen-bond donors (Lipinski definition) is 1. The quantitative estimate of drug-likeness (QED) is 0.837. The van der Waals surface area contributed by atoms with Crippen molar-refractivity contribution in [3.8, 4) is 0 Å². The maximum Gasteiger partial charge on any atom is 0.0582 e. The zero-order valence-corrected chi connectivity index (χ0v) is 13.0. The Kier molecular flexibility index (Phi) is 4.97. The van der Waals surface area contributed by atoms with Crippen molar-refractivity contribution in [3.05, 3.63) is 70.3 Å². The molecule has 0 aliphatic carbocycles. The van der Waals surface area contributed by atoms with Gasteiger partial charge in [0.15, 0.2) is 0 Å². The molecule has 0 amide bonds. The minimum absolute atomic E-state index is 0.288. The average Bonchev–Trinajstić information content (AvgIpc) is 2.47. The molecular formula is C19H25N. The first-order valence-corrected chi connectivity index (χ1v) is 7.55. The van der Waals surface area contributed by atoms with Crippen molar-refractivity contribution in [2.24, 2.45) is 0 Å². The van der Waals surface area contributed by atoms with Crippen LogP contribution in [0.3, 0.4) is 0 Å². The van der Waals surface area contributed by atoms with Crippen molar-refractivity contribution in [3.63, 3.8) is 0 Å². The fourth-order valence-corrected chi connectivity index (χ4v) is 2.80. The second-order valence-electron chi connectivity index (χ2n) is 5.40. The van der Waals surface area contributed by atoms with Crippen molar-refractivity contribution in [1.29, 1.82) is 0 Å². The maximum atomic E-state index is 3.66. The van der Waals surface area contributed by atoms with Crippen LogP contribution in [0, 0.1) is 13.8 Å². The van der Waals surface area contributed by atoms with E-state index in [9.17, 15) is 0 Å². The summed E-state index contributed by atoms with van der Waals surface area (Å²) in [7, 11) is 0. The van der Waals surface area contributed by atoms with Crippen molar-refractivity contribution in [2.45, 2.75) is 40.2 Å². The second kappa shape index (κ2) is 6.71. The van der Waals surface area contributed by atoms with Gasteiger partial charge < -0.3 is 5.32 Å². The predicted octanol–water partition coefficient (Wildman–Crippen LogP) is 4.56. The van der Waals surface area contributed by atoms with Crippen LogP contribution in [0.2, 0.25) is 0 Å². The minimum atomic E-state index is 0.288. The summed E-state index contributed by atoms with van der Waals surface area (Å²) in [4.78, 5) is 0. The Morgan fingerprint density at radius 3 is 2.40 bits per heavy atom. The molecule has 0 spiro atoms. The summed E-state index contributed by atoms with van der Waals surface area (Å²) in [5.41, 5.74) is 6.91. The van der Waals surface area contributed by atoms with Gasteiger partial charge in [-0.15, -0.1) is 0 Å². The lowest BCUT2D eigenvalue weighted by atomic mass is 9.90. The third kappa shape index (κ3) is 3.10. The predicted molar refractivity (Wildman–Crippen MR) is 87.3 cm³/mol. The minimum Gasteiger partial charge on any atom is -0.307 e. The maximum absolute atomic E-state index is 3.66. The molecule has 20 heavy (non-hydrogen) atoms. The second-order valence-corrected chi connectivity index (χ2v) is 5.40. The fourth-order valence-electron chi connectivity index (χ4n) is 2.80. The number of hydrogen-bond acceptors (Lipinski definition) is 1.